The van der Waals surface area contributed by atoms with Crippen molar-refractivity contribution >= 4 is 66.6 Å². The van der Waals surface area contributed by atoms with Crippen LogP contribution in [0.25, 0.3) is 0 Å². The van der Waals surface area contributed by atoms with Crippen LogP contribution in [0.5, 0.6) is 23.0 Å². The topological polar surface area (TPSA) is 154 Å². The summed E-state index contributed by atoms with van der Waals surface area (Å²) in [5, 5.41) is 0.369. The largest absolute Gasteiger partial charge is 0.454 e. The molecular weight excluding hydrogens is 901 g/mol. The van der Waals surface area contributed by atoms with Gasteiger partial charge in [0.2, 0.25) is 0 Å². The number of anilines is 2. The SMILES string of the molecule is O=C(OC(=O)c1ccccc1Oc1ccc(C(F)(F)F)cc1NS(=O)(=O)c1ccc(Cl)cc1)c1ccccc1Oc1ccc(C(F)(F)F)cc1NS(=O)(=O)c1ccc(Cl)cc1. The lowest BCUT2D eigenvalue weighted by molar-refractivity contribution is -0.138. The lowest BCUT2D eigenvalue weighted by Gasteiger charge is -2.18. The molecule has 0 heterocycles. The molecule has 0 unspecified atom stereocenters. The van der Waals surface area contributed by atoms with Crippen LogP contribution in [0.1, 0.15) is 31.8 Å². The minimum absolute atomic E-state index is 0.185. The molecule has 61 heavy (non-hydrogen) atoms. The zero-order valence-electron chi connectivity index (χ0n) is 30.2. The highest BCUT2D eigenvalue weighted by atomic mass is 35.5. The summed E-state index contributed by atoms with van der Waals surface area (Å²) in [5.41, 5.74) is -4.82. The van der Waals surface area contributed by atoms with Gasteiger partial charge in [0.05, 0.1) is 32.3 Å². The fraction of sp³-hybridized carbons (Fsp3) is 0.0500. The van der Waals surface area contributed by atoms with Gasteiger partial charge in [0, 0.05) is 10.0 Å². The highest BCUT2D eigenvalue weighted by Gasteiger charge is 2.34. The summed E-state index contributed by atoms with van der Waals surface area (Å²) in [6.07, 6.45) is -9.83. The molecule has 0 aliphatic rings. The molecule has 2 N–H and O–H groups in total. The average molecular weight is 926 g/mol. The molecule has 316 valence electrons. The zero-order chi connectivity index (χ0) is 44.3. The van der Waals surface area contributed by atoms with Crippen molar-refractivity contribution in [2.24, 2.45) is 0 Å². The van der Waals surface area contributed by atoms with Gasteiger partial charge in [0.1, 0.15) is 22.6 Å². The average Bonchev–Trinajstić information content (AvgIpc) is 3.19. The molecule has 6 aromatic carbocycles. The molecule has 0 aliphatic heterocycles. The molecular formula is C40H24Cl2F6N2O9S2. The molecule has 11 nitrogen and oxygen atoms in total. The number of hydrogen-bond donors (Lipinski definition) is 2. The van der Waals surface area contributed by atoms with Crippen LogP contribution in [0.15, 0.2) is 143 Å². The Labute approximate surface area is 352 Å². The number of hydrogen-bond acceptors (Lipinski definition) is 9. The van der Waals surface area contributed by atoms with E-state index in [0.717, 1.165) is 48.5 Å². The second-order valence-corrected chi connectivity index (χ2v) is 16.6. The minimum atomic E-state index is -4.92. The van der Waals surface area contributed by atoms with Crippen LogP contribution in [0, 0.1) is 0 Å². The molecule has 0 spiro atoms. The summed E-state index contributed by atoms with van der Waals surface area (Å²) in [4.78, 5) is 26.3. The number of ether oxygens (including phenoxy) is 3. The van der Waals surface area contributed by atoms with Crippen molar-refractivity contribution in [2.45, 2.75) is 22.1 Å². The number of alkyl halides is 6. The molecule has 6 rings (SSSR count). The van der Waals surface area contributed by atoms with Gasteiger partial charge >= 0.3 is 24.3 Å². The van der Waals surface area contributed by atoms with Crippen LogP contribution in [0.3, 0.4) is 0 Å². The first kappa shape index (κ1) is 44.3. The van der Waals surface area contributed by atoms with Crippen LogP contribution >= 0.6 is 23.2 Å². The maximum absolute atomic E-state index is 13.7. The Kier molecular flexibility index (Phi) is 12.6. The van der Waals surface area contributed by atoms with E-state index in [1.807, 2.05) is 9.44 Å². The Morgan fingerprint density at radius 3 is 1.16 bits per heavy atom. The van der Waals surface area contributed by atoms with Crippen molar-refractivity contribution in [2.75, 3.05) is 9.44 Å². The summed E-state index contributed by atoms with van der Waals surface area (Å²) in [6, 6.07) is 23.1. The second-order valence-electron chi connectivity index (χ2n) is 12.4. The van der Waals surface area contributed by atoms with Gasteiger partial charge in [0.15, 0.2) is 11.5 Å². The van der Waals surface area contributed by atoms with E-state index in [9.17, 15) is 52.8 Å². The minimum Gasteiger partial charge on any atom is -0.454 e. The predicted octanol–water partition coefficient (Wildman–Crippen LogP) is 11.2. The van der Waals surface area contributed by atoms with Crippen molar-refractivity contribution in [1.29, 1.82) is 0 Å². The van der Waals surface area contributed by atoms with Crippen LogP contribution in [0.2, 0.25) is 10.0 Å². The molecule has 6 aromatic rings. The summed E-state index contributed by atoms with van der Waals surface area (Å²) in [6.45, 7) is 0. The number of sulfonamides is 2. The van der Waals surface area contributed by atoms with E-state index in [4.69, 9.17) is 37.4 Å². The number of esters is 2. The fourth-order valence-corrected chi connectivity index (χ4v) is 7.64. The highest BCUT2D eigenvalue weighted by Crippen LogP contribution is 2.41. The van der Waals surface area contributed by atoms with Gasteiger partial charge in [-0.1, -0.05) is 47.5 Å². The van der Waals surface area contributed by atoms with Crippen molar-refractivity contribution in [3.8, 4) is 23.0 Å². The van der Waals surface area contributed by atoms with Crippen LogP contribution in [0.4, 0.5) is 37.7 Å². The van der Waals surface area contributed by atoms with Crippen molar-refractivity contribution in [3.05, 3.63) is 166 Å². The maximum atomic E-state index is 13.7. The van der Waals surface area contributed by atoms with Crippen LogP contribution in [-0.4, -0.2) is 28.8 Å². The summed E-state index contributed by atoms with van der Waals surface area (Å²) in [5.74, 6) is -4.57. The molecule has 0 aliphatic carbocycles. The monoisotopic (exact) mass is 924 g/mol. The first-order chi connectivity index (χ1) is 28.6. The van der Waals surface area contributed by atoms with E-state index in [2.05, 4.69) is 0 Å². The smallest absolute Gasteiger partial charge is 0.416 e. The Morgan fingerprint density at radius 2 is 0.820 bits per heavy atom. The molecule has 0 radical (unpaired) electrons. The first-order valence-corrected chi connectivity index (χ1v) is 20.6. The van der Waals surface area contributed by atoms with E-state index in [-0.39, 0.29) is 19.8 Å². The number of carbonyl (C=O) groups is 2. The van der Waals surface area contributed by atoms with Crippen LogP contribution < -0.4 is 18.9 Å². The van der Waals surface area contributed by atoms with Gasteiger partial charge in [0.25, 0.3) is 20.0 Å². The van der Waals surface area contributed by atoms with E-state index < -0.39 is 101 Å². The molecule has 0 amide bonds. The summed E-state index contributed by atoms with van der Waals surface area (Å²) < 4.78 is 156. The van der Waals surface area contributed by atoms with Gasteiger partial charge in [-0.15, -0.1) is 0 Å². The molecule has 0 aromatic heterocycles. The number of halogens is 8. The Morgan fingerprint density at radius 1 is 0.475 bits per heavy atom. The lowest BCUT2D eigenvalue weighted by atomic mass is 10.1. The van der Waals surface area contributed by atoms with Gasteiger partial charge in [-0.05, 0) is 109 Å². The molecule has 0 saturated carbocycles. The number of benzene rings is 6. The predicted molar refractivity (Wildman–Crippen MR) is 210 cm³/mol. The third-order valence-corrected chi connectivity index (χ3v) is 11.5. The van der Waals surface area contributed by atoms with Crippen molar-refractivity contribution in [1.82, 2.24) is 0 Å². The zero-order valence-corrected chi connectivity index (χ0v) is 33.4. The van der Waals surface area contributed by atoms with Gasteiger partial charge in [-0.25, -0.2) is 26.4 Å². The standard InChI is InChI=1S/C40H24Cl2F6N2O9S2/c41-25-11-15-27(16-12-25)60(53,54)49-31-21-23(39(43,44)45)9-19-35(31)57-33-7-3-1-5-29(33)37(51)59-38(52)30-6-2-4-8-34(30)58-36-20-10-24(40(46,47)48)22-32(36)50-61(55,56)28-17-13-26(42)14-18-28/h1-22,49-50H. The van der Waals surface area contributed by atoms with E-state index in [0.29, 0.717) is 24.3 Å². The number of rotatable bonds is 12. The summed E-state index contributed by atoms with van der Waals surface area (Å²) in [7, 11) is -9.07. The third-order valence-electron chi connectivity index (χ3n) is 8.19. The van der Waals surface area contributed by atoms with Gasteiger partial charge < -0.3 is 14.2 Å². The lowest BCUT2D eigenvalue weighted by Crippen LogP contribution is -2.16. The van der Waals surface area contributed by atoms with Gasteiger partial charge in [-0.2, -0.15) is 26.3 Å². The normalized spacial score (nSPS) is 12.0. The highest BCUT2D eigenvalue weighted by molar-refractivity contribution is 7.93. The van der Waals surface area contributed by atoms with Crippen molar-refractivity contribution in [3.63, 3.8) is 0 Å². The Balaban J connectivity index is 1.28. The van der Waals surface area contributed by atoms with Crippen LogP contribution in [-0.2, 0) is 37.1 Å². The molecule has 0 atom stereocenters. The first-order valence-electron chi connectivity index (χ1n) is 16.9. The fourth-order valence-electron chi connectivity index (χ4n) is 5.26. The summed E-state index contributed by atoms with van der Waals surface area (Å²) >= 11 is 11.7. The number of carbonyl (C=O) groups excluding carboxylic acids is 2. The third kappa shape index (κ3) is 10.7. The Hall–Kier alpha value is -6.28. The molecule has 0 fully saturated rings. The van der Waals surface area contributed by atoms with Gasteiger partial charge in [-0.3, -0.25) is 9.44 Å². The quantitative estimate of drug-likeness (QED) is 0.0693. The van der Waals surface area contributed by atoms with E-state index in [1.54, 1.807) is 0 Å². The second kappa shape index (κ2) is 17.4. The van der Waals surface area contributed by atoms with Crippen molar-refractivity contribution < 1.29 is 67.0 Å². The number of para-hydroxylation sites is 2. The number of nitrogens with one attached hydrogen (secondary N) is 2. The molecule has 21 heteroatoms. The maximum Gasteiger partial charge on any atom is 0.416 e. The molecule has 0 saturated heterocycles. The van der Waals surface area contributed by atoms with E-state index in [1.165, 1.54) is 60.7 Å². The Bertz CT molecular complexity index is 2670. The molecule has 0 bridgehead atoms. The van der Waals surface area contributed by atoms with E-state index >= 15 is 0 Å².